The summed E-state index contributed by atoms with van der Waals surface area (Å²) in [6.07, 6.45) is 0.0854. The molecule has 0 aliphatic carbocycles. The molecular formula is C18H18ClFN2O2. The predicted octanol–water partition coefficient (Wildman–Crippen LogP) is 4.17. The van der Waals surface area contributed by atoms with Crippen LogP contribution < -0.4 is 10.2 Å². The highest BCUT2D eigenvalue weighted by molar-refractivity contribution is 6.31. The highest BCUT2D eigenvalue weighted by Crippen LogP contribution is 2.24. The third-order valence-electron chi connectivity index (χ3n) is 3.51. The highest BCUT2D eigenvalue weighted by Gasteiger charge is 2.16. The average Bonchev–Trinajstić information content (AvgIpc) is 2.50. The van der Waals surface area contributed by atoms with Crippen LogP contribution in [0.4, 0.5) is 15.8 Å². The van der Waals surface area contributed by atoms with Gasteiger partial charge in [-0.3, -0.25) is 9.59 Å². The summed E-state index contributed by atoms with van der Waals surface area (Å²) < 4.78 is 13.1. The minimum absolute atomic E-state index is 0.0854. The van der Waals surface area contributed by atoms with Crippen LogP contribution in [0, 0.1) is 12.7 Å². The Morgan fingerprint density at radius 3 is 2.62 bits per heavy atom. The lowest BCUT2D eigenvalue weighted by molar-refractivity contribution is -0.117. The first kappa shape index (κ1) is 17.9. The van der Waals surface area contributed by atoms with Crippen molar-refractivity contribution in [3.8, 4) is 0 Å². The standard InChI is InChI=1S/C18H18ClFN2O2/c1-12-6-7-14(19)10-17(12)22(13(2)23)9-8-18(24)21-16-5-3-4-15(20)11-16/h3-7,10-11H,8-9H2,1-2H3,(H,21,24). The SMILES string of the molecule is CC(=O)N(CCC(=O)Nc1cccc(F)c1)c1cc(Cl)ccc1C. The summed E-state index contributed by atoms with van der Waals surface area (Å²) in [6.45, 7) is 3.51. The summed E-state index contributed by atoms with van der Waals surface area (Å²) in [5.41, 5.74) is 1.95. The van der Waals surface area contributed by atoms with Gasteiger partial charge in [-0.1, -0.05) is 23.7 Å². The fraction of sp³-hybridized carbons (Fsp3) is 0.222. The summed E-state index contributed by atoms with van der Waals surface area (Å²) in [5.74, 6) is -0.904. The van der Waals surface area contributed by atoms with Crippen LogP contribution in [0.2, 0.25) is 5.02 Å². The number of carbonyl (C=O) groups excluding carboxylic acids is 2. The van der Waals surface area contributed by atoms with Crippen LogP contribution in [0.25, 0.3) is 0 Å². The molecule has 6 heteroatoms. The number of hydrogen-bond acceptors (Lipinski definition) is 2. The maximum absolute atomic E-state index is 13.1. The van der Waals surface area contributed by atoms with E-state index in [-0.39, 0.29) is 24.8 Å². The number of nitrogens with one attached hydrogen (secondary N) is 1. The quantitative estimate of drug-likeness (QED) is 0.881. The molecular weight excluding hydrogens is 331 g/mol. The van der Waals surface area contributed by atoms with Gasteiger partial charge >= 0.3 is 0 Å². The van der Waals surface area contributed by atoms with Crippen molar-refractivity contribution in [3.63, 3.8) is 0 Å². The van der Waals surface area contributed by atoms with Crippen LogP contribution in [-0.4, -0.2) is 18.4 Å². The first-order chi connectivity index (χ1) is 11.4. The molecule has 0 bridgehead atoms. The Labute approximate surface area is 145 Å². The highest BCUT2D eigenvalue weighted by atomic mass is 35.5. The largest absolute Gasteiger partial charge is 0.326 e. The Bertz CT molecular complexity index is 764. The molecule has 0 aliphatic rings. The zero-order chi connectivity index (χ0) is 17.7. The summed E-state index contributed by atoms with van der Waals surface area (Å²) >= 11 is 6.00. The van der Waals surface area contributed by atoms with Gasteiger partial charge in [0.1, 0.15) is 5.82 Å². The molecule has 0 radical (unpaired) electrons. The minimum Gasteiger partial charge on any atom is -0.326 e. The van der Waals surface area contributed by atoms with Crippen molar-refractivity contribution in [3.05, 3.63) is 58.9 Å². The minimum atomic E-state index is -0.423. The molecule has 0 saturated heterocycles. The lowest BCUT2D eigenvalue weighted by Crippen LogP contribution is -2.32. The van der Waals surface area contributed by atoms with Gasteiger partial charge in [0.05, 0.1) is 0 Å². The second kappa shape index (κ2) is 7.93. The second-order valence-corrected chi connectivity index (χ2v) is 5.85. The van der Waals surface area contributed by atoms with Crippen LogP contribution in [0.15, 0.2) is 42.5 Å². The first-order valence-corrected chi connectivity index (χ1v) is 7.84. The number of halogens is 2. The Morgan fingerprint density at radius 2 is 1.96 bits per heavy atom. The van der Waals surface area contributed by atoms with E-state index in [4.69, 9.17) is 11.6 Å². The lowest BCUT2D eigenvalue weighted by atomic mass is 10.1. The first-order valence-electron chi connectivity index (χ1n) is 7.46. The Kier molecular flexibility index (Phi) is 5.93. The number of nitrogens with zero attached hydrogens (tertiary/aromatic N) is 1. The van der Waals surface area contributed by atoms with Crippen molar-refractivity contribution in [1.82, 2.24) is 0 Å². The van der Waals surface area contributed by atoms with Gasteiger partial charge in [-0.2, -0.15) is 0 Å². The molecule has 0 fully saturated rings. The van der Waals surface area contributed by atoms with E-state index >= 15 is 0 Å². The van der Waals surface area contributed by atoms with Crippen LogP contribution >= 0.6 is 11.6 Å². The fourth-order valence-electron chi connectivity index (χ4n) is 2.32. The summed E-state index contributed by atoms with van der Waals surface area (Å²) in [5, 5.41) is 3.13. The van der Waals surface area contributed by atoms with E-state index in [1.54, 1.807) is 18.2 Å². The van der Waals surface area contributed by atoms with Crippen molar-refractivity contribution < 1.29 is 14.0 Å². The van der Waals surface area contributed by atoms with Gasteiger partial charge in [0.15, 0.2) is 0 Å². The van der Waals surface area contributed by atoms with E-state index < -0.39 is 5.82 Å². The number of anilines is 2. The molecule has 2 rings (SSSR count). The summed E-state index contributed by atoms with van der Waals surface area (Å²) in [6, 6.07) is 10.9. The Hall–Kier alpha value is -2.40. The third-order valence-corrected chi connectivity index (χ3v) is 3.75. The molecule has 2 amide bonds. The topological polar surface area (TPSA) is 49.4 Å². The van der Waals surface area contributed by atoms with Gasteiger partial charge in [-0.05, 0) is 42.8 Å². The van der Waals surface area contributed by atoms with Gasteiger partial charge < -0.3 is 10.2 Å². The molecule has 0 atom stereocenters. The number of carbonyl (C=O) groups is 2. The molecule has 4 nitrogen and oxygen atoms in total. The van der Waals surface area contributed by atoms with E-state index in [0.717, 1.165) is 5.56 Å². The van der Waals surface area contributed by atoms with Crippen molar-refractivity contribution in [2.45, 2.75) is 20.3 Å². The Morgan fingerprint density at radius 1 is 1.21 bits per heavy atom. The van der Waals surface area contributed by atoms with Crippen molar-refractivity contribution in [2.24, 2.45) is 0 Å². The van der Waals surface area contributed by atoms with E-state index in [1.807, 2.05) is 13.0 Å². The van der Waals surface area contributed by atoms with Gasteiger partial charge in [0.2, 0.25) is 11.8 Å². The molecule has 2 aromatic rings. The third kappa shape index (κ3) is 4.80. The number of hydrogen-bond donors (Lipinski definition) is 1. The molecule has 0 unspecified atom stereocenters. The molecule has 1 N–H and O–H groups in total. The molecule has 0 aliphatic heterocycles. The van der Waals surface area contributed by atoms with Gasteiger partial charge in [-0.25, -0.2) is 4.39 Å². The van der Waals surface area contributed by atoms with Crippen LogP contribution in [0.1, 0.15) is 18.9 Å². The van der Waals surface area contributed by atoms with Gasteiger partial charge in [-0.15, -0.1) is 0 Å². The maximum atomic E-state index is 13.1. The normalized spacial score (nSPS) is 10.3. The molecule has 126 valence electrons. The fourth-order valence-corrected chi connectivity index (χ4v) is 2.49. The molecule has 0 spiro atoms. The van der Waals surface area contributed by atoms with Crippen molar-refractivity contribution in [1.29, 1.82) is 0 Å². The molecule has 0 aromatic heterocycles. The zero-order valence-corrected chi connectivity index (χ0v) is 14.2. The number of amides is 2. The van der Waals surface area contributed by atoms with Gasteiger partial charge in [0.25, 0.3) is 0 Å². The van der Waals surface area contributed by atoms with E-state index in [0.29, 0.717) is 16.4 Å². The number of aryl methyl sites for hydroxylation is 1. The number of benzene rings is 2. The average molecular weight is 349 g/mol. The number of rotatable bonds is 5. The van der Waals surface area contributed by atoms with E-state index in [9.17, 15) is 14.0 Å². The Balaban J connectivity index is 2.05. The molecule has 2 aromatic carbocycles. The second-order valence-electron chi connectivity index (χ2n) is 5.41. The summed E-state index contributed by atoms with van der Waals surface area (Å²) in [7, 11) is 0. The summed E-state index contributed by atoms with van der Waals surface area (Å²) in [4.78, 5) is 25.5. The monoisotopic (exact) mass is 348 g/mol. The van der Waals surface area contributed by atoms with Crippen molar-refractivity contribution in [2.75, 3.05) is 16.8 Å². The molecule has 24 heavy (non-hydrogen) atoms. The van der Waals surface area contributed by atoms with Crippen LogP contribution in [-0.2, 0) is 9.59 Å². The molecule has 0 heterocycles. The lowest BCUT2D eigenvalue weighted by Gasteiger charge is -2.23. The predicted molar refractivity (Wildman–Crippen MR) is 93.9 cm³/mol. The van der Waals surface area contributed by atoms with Gasteiger partial charge in [0, 0.05) is 36.3 Å². The van der Waals surface area contributed by atoms with Crippen LogP contribution in [0.3, 0.4) is 0 Å². The zero-order valence-electron chi connectivity index (χ0n) is 13.5. The van der Waals surface area contributed by atoms with Crippen LogP contribution in [0.5, 0.6) is 0 Å². The smallest absolute Gasteiger partial charge is 0.226 e. The molecule has 0 saturated carbocycles. The van der Waals surface area contributed by atoms with E-state index in [1.165, 1.54) is 30.0 Å². The van der Waals surface area contributed by atoms with E-state index in [2.05, 4.69) is 5.32 Å². The van der Waals surface area contributed by atoms with Crippen molar-refractivity contribution >= 4 is 34.8 Å². The maximum Gasteiger partial charge on any atom is 0.226 e.